The lowest BCUT2D eigenvalue weighted by molar-refractivity contribution is -0.139. The van der Waals surface area contributed by atoms with E-state index in [-0.39, 0.29) is 18.5 Å². The number of hydrogen-bond donors (Lipinski definition) is 1. The number of anilines is 1. The fourth-order valence-corrected chi connectivity index (χ4v) is 4.16. The van der Waals surface area contributed by atoms with Crippen molar-refractivity contribution in [3.05, 3.63) is 64.6 Å². The molecule has 0 spiro atoms. The van der Waals surface area contributed by atoms with E-state index in [0.29, 0.717) is 5.69 Å². The molecule has 2 atom stereocenters. The highest BCUT2D eigenvalue weighted by molar-refractivity contribution is 9.10. The third-order valence-corrected chi connectivity index (χ3v) is 6.83. The fraction of sp³-hybridized carbons (Fsp3) is 0.391. The summed E-state index contributed by atoms with van der Waals surface area (Å²) >= 11 is 3.33. The normalized spacial score (nSPS) is 13.2. The third-order valence-electron chi connectivity index (χ3n) is 5.16. The van der Waals surface area contributed by atoms with Crippen LogP contribution in [0.4, 0.5) is 5.69 Å². The van der Waals surface area contributed by atoms with Crippen molar-refractivity contribution in [3.63, 3.8) is 0 Å². The van der Waals surface area contributed by atoms with Crippen molar-refractivity contribution in [1.82, 2.24) is 10.2 Å². The van der Waals surface area contributed by atoms with Gasteiger partial charge in [-0.2, -0.15) is 0 Å². The van der Waals surface area contributed by atoms with Crippen LogP contribution in [-0.4, -0.2) is 50.0 Å². The molecular weight excluding hydrogens is 494 g/mol. The average molecular weight is 524 g/mol. The van der Waals surface area contributed by atoms with Gasteiger partial charge in [-0.3, -0.25) is 13.9 Å². The van der Waals surface area contributed by atoms with Gasteiger partial charge in [0.2, 0.25) is 21.8 Å². The van der Waals surface area contributed by atoms with Crippen molar-refractivity contribution in [2.45, 2.75) is 45.8 Å². The zero-order chi connectivity index (χ0) is 23.9. The topological polar surface area (TPSA) is 86.8 Å². The average Bonchev–Trinajstić information content (AvgIpc) is 2.75. The molecular formula is C23H30BrN3O4S. The molecule has 9 heteroatoms. The Kier molecular flexibility index (Phi) is 9.27. The van der Waals surface area contributed by atoms with Crippen LogP contribution < -0.4 is 9.62 Å². The minimum absolute atomic E-state index is 0.0334. The summed E-state index contributed by atoms with van der Waals surface area (Å²) in [6, 6.07) is 15.2. The van der Waals surface area contributed by atoms with E-state index in [1.54, 1.807) is 31.2 Å². The second kappa shape index (κ2) is 11.5. The van der Waals surface area contributed by atoms with Crippen LogP contribution >= 0.6 is 15.9 Å². The van der Waals surface area contributed by atoms with E-state index in [1.165, 1.54) is 4.90 Å². The largest absolute Gasteiger partial charge is 0.352 e. The molecule has 0 aliphatic heterocycles. The van der Waals surface area contributed by atoms with Gasteiger partial charge in [0.05, 0.1) is 11.9 Å². The number of sulfonamides is 1. The summed E-state index contributed by atoms with van der Waals surface area (Å²) in [5.41, 5.74) is 1.22. The van der Waals surface area contributed by atoms with Gasteiger partial charge in [-0.1, -0.05) is 53.2 Å². The van der Waals surface area contributed by atoms with Gasteiger partial charge in [0.15, 0.2) is 0 Å². The summed E-state index contributed by atoms with van der Waals surface area (Å²) in [6.07, 6.45) is 1.82. The van der Waals surface area contributed by atoms with Crippen molar-refractivity contribution >= 4 is 43.5 Å². The van der Waals surface area contributed by atoms with Crippen LogP contribution in [0.25, 0.3) is 0 Å². The molecule has 0 aromatic heterocycles. The zero-order valence-electron chi connectivity index (χ0n) is 18.8. The van der Waals surface area contributed by atoms with Crippen LogP contribution in [0.2, 0.25) is 0 Å². The number of benzene rings is 2. The first-order chi connectivity index (χ1) is 15.0. The second-order valence-corrected chi connectivity index (χ2v) is 10.6. The summed E-state index contributed by atoms with van der Waals surface area (Å²) in [4.78, 5) is 27.6. The molecule has 0 aliphatic rings. The molecule has 2 aromatic carbocycles. The Bertz CT molecular complexity index is 1010. The molecule has 0 aliphatic carbocycles. The maximum atomic E-state index is 13.4. The molecule has 32 heavy (non-hydrogen) atoms. The van der Waals surface area contributed by atoms with Gasteiger partial charge in [0.1, 0.15) is 12.6 Å². The molecule has 0 radical (unpaired) electrons. The van der Waals surface area contributed by atoms with Crippen molar-refractivity contribution in [1.29, 1.82) is 0 Å². The number of amides is 2. The third kappa shape index (κ3) is 7.34. The Morgan fingerprint density at radius 2 is 1.62 bits per heavy atom. The lowest BCUT2D eigenvalue weighted by Gasteiger charge is -2.32. The minimum Gasteiger partial charge on any atom is -0.352 e. The molecule has 2 rings (SSSR count). The lowest BCUT2D eigenvalue weighted by atomic mass is 10.1. The quantitative estimate of drug-likeness (QED) is 0.515. The number of nitrogens with one attached hydrogen (secondary N) is 1. The molecule has 2 aromatic rings. The number of rotatable bonds is 10. The molecule has 0 saturated carbocycles. The highest BCUT2D eigenvalue weighted by atomic mass is 79.9. The maximum absolute atomic E-state index is 13.4. The molecule has 174 valence electrons. The summed E-state index contributed by atoms with van der Waals surface area (Å²) in [6.45, 7) is 5.29. The molecule has 0 heterocycles. The van der Waals surface area contributed by atoms with Gasteiger partial charge < -0.3 is 10.2 Å². The zero-order valence-corrected chi connectivity index (χ0v) is 21.2. The van der Waals surface area contributed by atoms with Crippen molar-refractivity contribution in [2.24, 2.45) is 0 Å². The van der Waals surface area contributed by atoms with Crippen molar-refractivity contribution in [3.8, 4) is 0 Å². The number of carbonyl (C=O) groups is 2. The Morgan fingerprint density at radius 3 is 2.16 bits per heavy atom. The van der Waals surface area contributed by atoms with Crippen molar-refractivity contribution in [2.75, 3.05) is 17.1 Å². The standard InChI is InChI=1S/C23H30BrN3O4S/c1-5-17(2)25-23(29)18(3)26(15-19-9-7-6-8-10-19)22(28)16-27(32(4,30)31)21-13-11-20(24)12-14-21/h6-14,17-18H,5,15-16H2,1-4H3,(H,25,29). The fourth-order valence-electron chi connectivity index (χ4n) is 3.05. The van der Waals surface area contributed by atoms with Gasteiger partial charge >= 0.3 is 0 Å². The van der Waals surface area contributed by atoms with E-state index >= 15 is 0 Å². The van der Waals surface area contributed by atoms with E-state index in [2.05, 4.69) is 21.2 Å². The van der Waals surface area contributed by atoms with Gasteiger partial charge in [-0.25, -0.2) is 8.42 Å². The van der Waals surface area contributed by atoms with E-state index in [1.807, 2.05) is 44.2 Å². The Morgan fingerprint density at radius 1 is 1.03 bits per heavy atom. The van der Waals surface area contributed by atoms with E-state index in [4.69, 9.17) is 0 Å². The highest BCUT2D eigenvalue weighted by Crippen LogP contribution is 2.21. The van der Waals surface area contributed by atoms with Crippen molar-refractivity contribution < 1.29 is 18.0 Å². The predicted octanol–water partition coefficient (Wildman–Crippen LogP) is 3.55. The van der Waals surface area contributed by atoms with Crippen LogP contribution in [-0.2, 0) is 26.2 Å². The van der Waals surface area contributed by atoms with Crippen LogP contribution in [0.3, 0.4) is 0 Å². The summed E-state index contributed by atoms with van der Waals surface area (Å²) in [5.74, 6) is -0.743. The Balaban J connectivity index is 2.34. The predicted molar refractivity (Wildman–Crippen MR) is 131 cm³/mol. The van der Waals surface area contributed by atoms with E-state index in [0.717, 1.165) is 27.0 Å². The van der Waals surface area contributed by atoms with Gasteiger partial charge in [0, 0.05) is 17.1 Å². The molecule has 0 bridgehead atoms. The van der Waals surface area contributed by atoms with E-state index in [9.17, 15) is 18.0 Å². The molecule has 0 saturated heterocycles. The van der Waals surface area contributed by atoms with E-state index < -0.39 is 28.5 Å². The number of nitrogens with zero attached hydrogens (tertiary/aromatic N) is 2. The number of halogens is 1. The van der Waals surface area contributed by atoms with Crippen LogP contribution in [0.1, 0.15) is 32.8 Å². The number of hydrogen-bond acceptors (Lipinski definition) is 4. The van der Waals surface area contributed by atoms with Gasteiger partial charge in [0.25, 0.3) is 0 Å². The first-order valence-electron chi connectivity index (χ1n) is 10.4. The second-order valence-electron chi connectivity index (χ2n) is 7.75. The summed E-state index contributed by atoms with van der Waals surface area (Å²) < 4.78 is 26.8. The minimum atomic E-state index is -3.73. The lowest BCUT2D eigenvalue weighted by Crippen LogP contribution is -2.52. The summed E-state index contributed by atoms with van der Waals surface area (Å²) in [5, 5.41) is 2.90. The molecule has 2 unspecified atom stereocenters. The SMILES string of the molecule is CCC(C)NC(=O)C(C)N(Cc1ccccc1)C(=O)CN(c1ccc(Br)cc1)S(C)(=O)=O. The maximum Gasteiger partial charge on any atom is 0.244 e. The first kappa shape index (κ1) is 25.9. The van der Waals surface area contributed by atoms with Crippen LogP contribution in [0.15, 0.2) is 59.1 Å². The molecule has 0 fully saturated rings. The smallest absolute Gasteiger partial charge is 0.244 e. The van der Waals surface area contributed by atoms with Gasteiger partial charge in [-0.15, -0.1) is 0 Å². The highest BCUT2D eigenvalue weighted by Gasteiger charge is 2.30. The van der Waals surface area contributed by atoms with Gasteiger partial charge in [-0.05, 0) is 50.1 Å². The van der Waals surface area contributed by atoms with Crippen LogP contribution in [0.5, 0.6) is 0 Å². The van der Waals surface area contributed by atoms with Crippen LogP contribution in [0, 0.1) is 0 Å². The molecule has 2 amide bonds. The first-order valence-corrected chi connectivity index (χ1v) is 13.0. The molecule has 1 N–H and O–H groups in total. The Labute approximate surface area is 199 Å². The monoisotopic (exact) mass is 523 g/mol. The summed E-state index contributed by atoms with van der Waals surface area (Å²) in [7, 11) is -3.73. The molecule has 7 nitrogen and oxygen atoms in total. The number of carbonyl (C=O) groups excluding carboxylic acids is 2. The Hall–Kier alpha value is -2.39.